The highest BCUT2D eigenvalue weighted by Crippen LogP contribution is 2.20. The van der Waals surface area contributed by atoms with Gasteiger partial charge < -0.3 is 10.6 Å². The quantitative estimate of drug-likeness (QED) is 0.672. The lowest BCUT2D eigenvalue weighted by atomic mass is 10.1. The van der Waals surface area contributed by atoms with E-state index in [0.29, 0.717) is 0 Å². The molecule has 0 saturated heterocycles. The molecule has 0 amide bonds. The monoisotopic (exact) mass is 284 g/mol. The first-order chi connectivity index (χ1) is 8.95. The Morgan fingerprint density at radius 1 is 1.53 bits per heavy atom. The van der Waals surface area contributed by atoms with E-state index in [1.165, 1.54) is 6.07 Å². The van der Waals surface area contributed by atoms with E-state index < -0.39 is 17.2 Å². The van der Waals surface area contributed by atoms with E-state index in [-0.39, 0.29) is 28.1 Å². The Labute approximate surface area is 112 Å². The zero-order valence-corrected chi connectivity index (χ0v) is 10.7. The molecule has 100 valence electrons. The number of fused-ring (bicyclic) bond motifs is 1. The highest BCUT2D eigenvalue weighted by molar-refractivity contribution is 6.31. The van der Waals surface area contributed by atoms with Crippen molar-refractivity contribution in [1.29, 1.82) is 0 Å². The fourth-order valence-corrected chi connectivity index (χ4v) is 1.86. The summed E-state index contributed by atoms with van der Waals surface area (Å²) in [6.45, 7) is 1.73. The van der Waals surface area contributed by atoms with Crippen molar-refractivity contribution in [3.8, 4) is 0 Å². The third-order valence-electron chi connectivity index (χ3n) is 2.57. The molecule has 2 rings (SSSR count). The van der Waals surface area contributed by atoms with Gasteiger partial charge in [0, 0.05) is 6.20 Å². The standard InChI is InChI=1S/C12H10ClFN2O3/c1-2-19-12(18)7-5-16(15)10-4-8(13)9(14)3-6(10)11(7)17/h3-5H,2,15H2,1H3. The van der Waals surface area contributed by atoms with Crippen molar-refractivity contribution in [3.05, 3.63) is 45.0 Å². The van der Waals surface area contributed by atoms with E-state index in [1.807, 2.05) is 0 Å². The van der Waals surface area contributed by atoms with Crippen LogP contribution in [0.25, 0.3) is 10.9 Å². The lowest BCUT2D eigenvalue weighted by Gasteiger charge is -2.09. The van der Waals surface area contributed by atoms with E-state index in [9.17, 15) is 14.0 Å². The van der Waals surface area contributed by atoms with Gasteiger partial charge in [0.05, 0.1) is 22.5 Å². The number of esters is 1. The molecule has 0 unspecified atom stereocenters. The lowest BCUT2D eigenvalue weighted by Crippen LogP contribution is -2.23. The largest absolute Gasteiger partial charge is 0.462 e. The fourth-order valence-electron chi connectivity index (χ4n) is 1.70. The molecule has 0 radical (unpaired) electrons. The first-order valence-corrected chi connectivity index (χ1v) is 5.80. The van der Waals surface area contributed by atoms with Crippen LogP contribution >= 0.6 is 11.6 Å². The summed E-state index contributed by atoms with van der Waals surface area (Å²) in [7, 11) is 0. The molecule has 7 heteroatoms. The summed E-state index contributed by atoms with van der Waals surface area (Å²) in [5.74, 6) is 4.11. The molecule has 0 fully saturated rings. The van der Waals surface area contributed by atoms with Crippen LogP contribution in [0.2, 0.25) is 5.02 Å². The molecule has 2 N–H and O–H groups in total. The number of hydrogen-bond donors (Lipinski definition) is 1. The van der Waals surface area contributed by atoms with Crippen molar-refractivity contribution < 1.29 is 13.9 Å². The molecule has 0 bridgehead atoms. The van der Waals surface area contributed by atoms with Gasteiger partial charge in [-0.1, -0.05) is 11.6 Å². The maximum absolute atomic E-state index is 13.4. The van der Waals surface area contributed by atoms with Gasteiger partial charge >= 0.3 is 5.97 Å². The van der Waals surface area contributed by atoms with Gasteiger partial charge in [-0.3, -0.25) is 9.47 Å². The number of carbonyl (C=O) groups is 1. The number of nitrogens with zero attached hydrogens (tertiary/aromatic N) is 1. The van der Waals surface area contributed by atoms with Crippen LogP contribution in [0.15, 0.2) is 23.1 Å². The van der Waals surface area contributed by atoms with Crippen LogP contribution < -0.4 is 11.3 Å². The molecule has 19 heavy (non-hydrogen) atoms. The third kappa shape index (κ3) is 2.26. The minimum Gasteiger partial charge on any atom is -0.462 e. The zero-order chi connectivity index (χ0) is 14.2. The maximum Gasteiger partial charge on any atom is 0.343 e. The van der Waals surface area contributed by atoms with Crippen LogP contribution in [0.5, 0.6) is 0 Å². The zero-order valence-electron chi connectivity index (χ0n) is 9.94. The van der Waals surface area contributed by atoms with Crippen LogP contribution in [0.1, 0.15) is 17.3 Å². The van der Waals surface area contributed by atoms with Crippen LogP contribution in [0, 0.1) is 5.82 Å². The minimum absolute atomic E-state index is 0.0325. The molecule has 1 aromatic heterocycles. The number of rotatable bonds is 2. The number of benzene rings is 1. The number of aromatic nitrogens is 1. The third-order valence-corrected chi connectivity index (χ3v) is 2.86. The van der Waals surface area contributed by atoms with E-state index in [2.05, 4.69) is 0 Å². The van der Waals surface area contributed by atoms with Gasteiger partial charge in [-0.15, -0.1) is 0 Å². The maximum atomic E-state index is 13.4. The molecule has 0 aliphatic carbocycles. The first kappa shape index (κ1) is 13.4. The van der Waals surface area contributed by atoms with E-state index in [0.717, 1.165) is 16.9 Å². The summed E-state index contributed by atoms with van der Waals surface area (Å²) in [6.07, 6.45) is 1.14. The van der Waals surface area contributed by atoms with Gasteiger partial charge in [0.25, 0.3) is 0 Å². The number of hydrogen-bond acceptors (Lipinski definition) is 4. The van der Waals surface area contributed by atoms with Crippen LogP contribution in [0.3, 0.4) is 0 Å². The van der Waals surface area contributed by atoms with Crippen LogP contribution in [0.4, 0.5) is 4.39 Å². The molecule has 0 spiro atoms. The number of pyridine rings is 1. The van der Waals surface area contributed by atoms with Gasteiger partial charge in [0.1, 0.15) is 11.4 Å². The first-order valence-electron chi connectivity index (χ1n) is 5.42. The normalized spacial score (nSPS) is 10.7. The van der Waals surface area contributed by atoms with E-state index in [1.54, 1.807) is 6.92 Å². The van der Waals surface area contributed by atoms with Gasteiger partial charge in [0.15, 0.2) is 0 Å². The molecule has 0 atom stereocenters. The fraction of sp³-hybridized carbons (Fsp3) is 0.167. The summed E-state index contributed by atoms with van der Waals surface area (Å²) < 4.78 is 19.2. The van der Waals surface area contributed by atoms with Crippen LogP contribution in [-0.2, 0) is 4.74 Å². The van der Waals surface area contributed by atoms with E-state index in [4.69, 9.17) is 22.2 Å². The molecule has 0 saturated carbocycles. The lowest BCUT2D eigenvalue weighted by molar-refractivity contribution is 0.0524. The number of carbonyl (C=O) groups excluding carboxylic acids is 1. The predicted molar refractivity (Wildman–Crippen MR) is 69.3 cm³/mol. The number of halogens is 2. The smallest absolute Gasteiger partial charge is 0.343 e. The van der Waals surface area contributed by atoms with Crippen molar-refractivity contribution in [1.82, 2.24) is 4.68 Å². The number of ether oxygens (including phenoxy) is 1. The summed E-state index contributed by atoms with van der Waals surface area (Å²) in [5.41, 5.74) is -0.672. The van der Waals surface area contributed by atoms with E-state index >= 15 is 0 Å². The van der Waals surface area contributed by atoms with Crippen molar-refractivity contribution in [2.24, 2.45) is 0 Å². The van der Waals surface area contributed by atoms with Crippen molar-refractivity contribution in [2.75, 3.05) is 12.4 Å². The summed E-state index contributed by atoms with van der Waals surface area (Å²) in [4.78, 5) is 23.7. The van der Waals surface area contributed by atoms with Gasteiger partial charge in [-0.25, -0.2) is 9.18 Å². The Hall–Kier alpha value is -2.08. The Morgan fingerprint density at radius 3 is 2.84 bits per heavy atom. The van der Waals surface area contributed by atoms with Gasteiger partial charge in [-0.2, -0.15) is 0 Å². The number of nitrogen functional groups attached to an aromatic ring is 1. The highest BCUT2D eigenvalue weighted by atomic mass is 35.5. The molecular formula is C12H10ClFN2O3. The van der Waals surface area contributed by atoms with Crippen molar-refractivity contribution >= 4 is 28.5 Å². The average Bonchev–Trinajstić information content (AvgIpc) is 2.36. The van der Waals surface area contributed by atoms with Crippen molar-refractivity contribution in [2.45, 2.75) is 6.92 Å². The molecular weight excluding hydrogens is 275 g/mol. The summed E-state index contributed by atoms with van der Waals surface area (Å²) in [6, 6.07) is 2.18. The minimum atomic E-state index is -0.802. The molecule has 0 aliphatic heterocycles. The Balaban J connectivity index is 2.78. The topological polar surface area (TPSA) is 74.3 Å². The van der Waals surface area contributed by atoms with Crippen molar-refractivity contribution in [3.63, 3.8) is 0 Å². The second-order valence-corrected chi connectivity index (χ2v) is 4.19. The molecule has 1 aromatic carbocycles. The molecule has 1 heterocycles. The molecule has 2 aromatic rings. The Morgan fingerprint density at radius 2 is 2.21 bits per heavy atom. The Bertz CT molecular complexity index is 727. The second-order valence-electron chi connectivity index (χ2n) is 3.78. The van der Waals surface area contributed by atoms with Gasteiger partial charge in [-0.05, 0) is 19.1 Å². The SMILES string of the molecule is CCOC(=O)c1cn(N)c2cc(Cl)c(F)cc2c1=O. The molecule has 0 aliphatic rings. The highest BCUT2D eigenvalue weighted by Gasteiger charge is 2.17. The second kappa shape index (κ2) is 4.89. The Kier molecular flexibility index (Phi) is 3.44. The summed E-state index contributed by atoms with van der Waals surface area (Å²) in [5, 5.41) is -0.190. The number of nitrogens with two attached hydrogens (primary N) is 1. The predicted octanol–water partition coefficient (Wildman–Crippen LogP) is 1.68. The summed E-state index contributed by atoms with van der Waals surface area (Å²) >= 11 is 5.63. The van der Waals surface area contributed by atoms with Crippen LogP contribution in [-0.4, -0.2) is 17.3 Å². The van der Waals surface area contributed by atoms with Gasteiger partial charge in [0.2, 0.25) is 5.43 Å². The molecule has 5 nitrogen and oxygen atoms in total. The average molecular weight is 285 g/mol.